The summed E-state index contributed by atoms with van der Waals surface area (Å²) >= 11 is 0. The van der Waals surface area contributed by atoms with E-state index in [1.807, 2.05) is 18.2 Å². The van der Waals surface area contributed by atoms with Crippen molar-refractivity contribution < 1.29 is 19.7 Å². The second kappa shape index (κ2) is 11.2. The number of nitrogens with two attached hydrogens (primary N) is 1. The lowest BCUT2D eigenvalue weighted by atomic mass is 9.79. The number of dihydropyridines is 1. The van der Waals surface area contributed by atoms with Crippen LogP contribution in [-0.2, 0) is 24.2 Å². The number of nitrogens with one attached hydrogen (secondary N) is 1. The highest BCUT2D eigenvalue weighted by Crippen LogP contribution is 2.41. The molecule has 0 fully saturated rings. The number of benzene rings is 2. The molecule has 2 aromatic carbocycles. The Labute approximate surface area is 247 Å². The number of ether oxygens (including phenoxy) is 2. The molecule has 218 valence electrons. The van der Waals surface area contributed by atoms with Crippen LogP contribution in [0.5, 0.6) is 11.5 Å². The molecule has 1 aromatic heterocycles. The van der Waals surface area contributed by atoms with Gasteiger partial charge >= 0.3 is 0 Å². The van der Waals surface area contributed by atoms with Crippen molar-refractivity contribution in [3.8, 4) is 23.3 Å². The summed E-state index contributed by atoms with van der Waals surface area (Å²) in [5.41, 5.74) is 11.6. The van der Waals surface area contributed by atoms with Crippen LogP contribution in [0.4, 0.5) is 0 Å². The van der Waals surface area contributed by atoms with Crippen LogP contribution in [0.3, 0.4) is 0 Å². The maximum absolute atomic E-state index is 11.5. The molecule has 4 aliphatic heterocycles. The summed E-state index contributed by atoms with van der Waals surface area (Å²) in [4.78, 5) is 0. The first-order chi connectivity index (χ1) is 20.4. The quantitative estimate of drug-likeness (QED) is 0.287. The molecule has 8 rings (SSSR count). The van der Waals surface area contributed by atoms with Crippen molar-refractivity contribution in [2.45, 2.75) is 76.9 Å². The minimum Gasteiger partial charge on any atom is -0.504 e. The van der Waals surface area contributed by atoms with Crippen molar-refractivity contribution in [2.24, 2.45) is 17.6 Å². The highest BCUT2D eigenvalue weighted by Gasteiger charge is 2.31. The molecule has 8 bridgehead atoms. The van der Waals surface area contributed by atoms with Gasteiger partial charge in [-0.2, -0.15) is 0 Å². The number of hydrogen-bond acceptors (Lipinski definition) is 6. The second-order valence-corrected chi connectivity index (χ2v) is 12.3. The molecule has 5 N–H and O–H groups in total. The van der Waals surface area contributed by atoms with Gasteiger partial charge in [0.1, 0.15) is 12.4 Å². The summed E-state index contributed by atoms with van der Waals surface area (Å²) in [7, 11) is 0. The van der Waals surface area contributed by atoms with E-state index < -0.39 is 6.10 Å². The molecule has 0 spiro atoms. The first-order valence-corrected chi connectivity index (χ1v) is 15.3. The number of phenols is 1. The fourth-order valence-electron chi connectivity index (χ4n) is 7.00. The van der Waals surface area contributed by atoms with E-state index in [9.17, 15) is 10.2 Å². The minimum atomic E-state index is -0.482. The highest BCUT2D eigenvalue weighted by molar-refractivity contribution is 5.87. The van der Waals surface area contributed by atoms with Crippen molar-refractivity contribution in [1.29, 1.82) is 0 Å². The molecule has 42 heavy (non-hydrogen) atoms. The molecule has 7 heteroatoms. The van der Waals surface area contributed by atoms with Crippen LogP contribution in [-0.4, -0.2) is 39.8 Å². The van der Waals surface area contributed by atoms with Crippen molar-refractivity contribution in [3.63, 3.8) is 0 Å². The lowest BCUT2D eigenvalue weighted by Gasteiger charge is -2.32. The fourth-order valence-corrected chi connectivity index (χ4v) is 7.00. The van der Waals surface area contributed by atoms with Crippen LogP contribution < -0.4 is 15.8 Å². The minimum absolute atomic E-state index is 0.0785. The van der Waals surface area contributed by atoms with Gasteiger partial charge in [0, 0.05) is 45.8 Å². The molecule has 3 aromatic rings. The number of hydrogen-bond donors (Lipinski definition) is 4. The van der Waals surface area contributed by atoms with E-state index in [-0.39, 0.29) is 29.9 Å². The number of phenolic OH excluding ortho intramolecular Hbond substituents is 1. The molecule has 5 heterocycles. The van der Waals surface area contributed by atoms with Gasteiger partial charge in [-0.3, -0.25) is 0 Å². The smallest absolute Gasteiger partial charge is 0.164 e. The van der Waals surface area contributed by atoms with Gasteiger partial charge in [-0.1, -0.05) is 43.0 Å². The number of aliphatic hydroxyl groups excluding tert-OH is 1. The van der Waals surface area contributed by atoms with Crippen LogP contribution >= 0.6 is 0 Å². The van der Waals surface area contributed by atoms with Gasteiger partial charge in [0.25, 0.3) is 0 Å². The summed E-state index contributed by atoms with van der Waals surface area (Å²) in [6, 6.07) is 9.92. The topological polar surface area (TPSA) is 102 Å². The van der Waals surface area contributed by atoms with Crippen molar-refractivity contribution in [3.05, 3.63) is 76.6 Å². The summed E-state index contributed by atoms with van der Waals surface area (Å²) in [6.07, 6.45) is 11.1. The zero-order valence-electron chi connectivity index (χ0n) is 24.1. The van der Waals surface area contributed by atoms with Gasteiger partial charge in [-0.25, -0.2) is 0 Å². The standard InChI is InChI=1S/C35H39N3O4/c1-21-4-2-7-27-16-32(40)24-10-12-28-22(14-24)11-13-31(39)34(28)42-19-26-6-3-5-25-17-38(18-29(25)26)35-30(20-41-27)23(9-8-21)15-33(36)37-35/h3,5-6,11,13,15,17-18,21,24,27,32-33,37,39-40H,2,4,7,10,12,14,16,19-20,36H2,1H3. The molecular formula is C35H39N3O4. The summed E-state index contributed by atoms with van der Waals surface area (Å²) in [5, 5.41) is 27.9. The van der Waals surface area contributed by atoms with Gasteiger partial charge < -0.3 is 35.3 Å². The van der Waals surface area contributed by atoms with Gasteiger partial charge in [-0.05, 0) is 74.1 Å². The molecule has 1 aliphatic carbocycles. The lowest BCUT2D eigenvalue weighted by molar-refractivity contribution is -0.00219. The molecule has 0 saturated carbocycles. The zero-order chi connectivity index (χ0) is 28.8. The van der Waals surface area contributed by atoms with Crippen molar-refractivity contribution in [2.75, 3.05) is 6.61 Å². The Morgan fingerprint density at radius 3 is 2.88 bits per heavy atom. The first-order valence-electron chi connectivity index (χ1n) is 15.3. The summed E-state index contributed by atoms with van der Waals surface area (Å²) in [5.74, 6) is 8.85. The van der Waals surface area contributed by atoms with Crippen LogP contribution in [0.1, 0.15) is 55.7 Å². The predicted molar refractivity (Wildman–Crippen MR) is 163 cm³/mol. The molecule has 5 unspecified atom stereocenters. The molecule has 5 aliphatic rings. The number of fused-ring (bicyclic) bond motifs is 3. The molecule has 5 atom stereocenters. The first kappa shape index (κ1) is 27.2. The molecular weight excluding hydrogens is 526 g/mol. The van der Waals surface area contributed by atoms with Crippen LogP contribution in [0.25, 0.3) is 16.6 Å². The van der Waals surface area contributed by atoms with E-state index >= 15 is 0 Å². The Balaban J connectivity index is 1.37. The summed E-state index contributed by atoms with van der Waals surface area (Å²) in [6.45, 7) is 2.88. The number of aromatic hydroxyl groups is 1. The molecule has 7 nitrogen and oxygen atoms in total. The predicted octanol–water partition coefficient (Wildman–Crippen LogP) is 4.99. The zero-order valence-corrected chi connectivity index (χ0v) is 24.1. The Hall–Kier alpha value is -3.70. The van der Waals surface area contributed by atoms with E-state index in [1.54, 1.807) is 6.07 Å². The summed E-state index contributed by atoms with van der Waals surface area (Å²) < 4.78 is 15.1. The van der Waals surface area contributed by atoms with E-state index in [4.69, 9.17) is 15.2 Å². The average Bonchev–Trinajstić information content (AvgIpc) is 3.41. The highest BCUT2D eigenvalue weighted by atomic mass is 16.5. The van der Waals surface area contributed by atoms with Gasteiger partial charge in [0.05, 0.1) is 25.0 Å². The van der Waals surface area contributed by atoms with Gasteiger partial charge in [0.15, 0.2) is 11.5 Å². The number of aromatic nitrogens is 1. The molecule has 0 saturated heterocycles. The van der Waals surface area contributed by atoms with E-state index in [1.165, 1.54) is 0 Å². The monoisotopic (exact) mass is 565 g/mol. The van der Waals surface area contributed by atoms with Crippen molar-refractivity contribution >= 4 is 16.6 Å². The van der Waals surface area contributed by atoms with E-state index in [2.05, 4.69) is 53.2 Å². The second-order valence-electron chi connectivity index (χ2n) is 12.3. The Morgan fingerprint density at radius 2 is 1.98 bits per heavy atom. The maximum atomic E-state index is 11.5. The molecule has 0 radical (unpaired) electrons. The number of aliphatic hydroxyl groups is 1. The number of rotatable bonds is 0. The van der Waals surface area contributed by atoms with Gasteiger partial charge in [0.2, 0.25) is 0 Å². The maximum Gasteiger partial charge on any atom is 0.164 e. The molecule has 0 amide bonds. The number of nitrogens with zero attached hydrogens (tertiary/aromatic N) is 1. The third kappa shape index (κ3) is 5.20. The Bertz CT molecular complexity index is 1640. The third-order valence-corrected chi connectivity index (χ3v) is 9.38. The van der Waals surface area contributed by atoms with Crippen molar-refractivity contribution in [1.82, 2.24) is 9.88 Å². The van der Waals surface area contributed by atoms with Gasteiger partial charge in [-0.15, -0.1) is 0 Å². The van der Waals surface area contributed by atoms with Crippen LogP contribution in [0.15, 0.2) is 59.9 Å². The van der Waals surface area contributed by atoms with E-state index in [0.717, 1.165) is 83.0 Å². The van der Waals surface area contributed by atoms with E-state index in [0.29, 0.717) is 25.4 Å². The van der Waals surface area contributed by atoms with Crippen LogP contribution in [0, 0.1) is 23.7 Å². The third-order valence-electron chi connectivity index (χ3n) is 9.38. The SMILES string of the molecule is CC1C#CC2=CC(N)NC3=C2COC(CCC1)CC(O)C1CCc2c(ccc(O)c2OCc2cccc4cn3cc24)C1. The Morgan fingerprint density at radius 1 is 1.07 bits per heavy atom. The Kier molecular flexibility index (Phi) is 7.23. The largest absolute Gasteiger partial charge is 0.504 e. The lowest BCUT2D eigenvalue weighted by Crippen LogP contribution is -2.40. The normalized spacial score (nSPS) is 27.7. The van der Waals surface area contributed by atoms with Crippen LogP contribution in [0.2, 0.25) is 0 Å². The fraction of sp³-hybridized carbons (Fsp3) is 0.429. The average molecular weight is 566 g/mol.